The molecule has 0 N–H and O–H groups in total. The molecule has 4 heteroatoms. The lowest BCUT2D eigenvalue weighted by molar-refractivity contribution is 0.446. The van der Waals surface area contributed by atoms with Gasteiger partial charge in [0.25, 0.3) is 0 Å². The molecule has 0 aliphatic rings. The number of aryl methyl sites for hydroxylation is 2. The monoisotopic (exact) mass is 273 g/mol. The van der Waals surface area contributed by atoms with Gasteiger partial charge in [-0.25, -0.2) is 0 Å². The molecular weight excluding hydrogens is 265 g/mol. The number of alkyl halides is 1. The molecule has 1 aromatic heterocycles. The summed E-state index contributed by atoms with van der Waals surface area (Å²) < 4.78 is 6.18. The average Bonchev–Trinajstić information content (AvgIpc) is 2.49. The quantitative estimate of drug-likeness (QED) is 0.781. The Hall–Kier alpha value is -0.540. The Kier molecular flexibility index (Phi) is 2.79. The fourth-order valence-corrected chi connectivity index (χ4v) is 2.28. The van der Waals surface area contributed by atoms with E-state index < -0.39 is 0 Å². The Labute approximate surface area is 95.3 Å². The van der Waals surface area contributed by atoms with Crippen LogP contribution in [0.3, 0.4) is 0 Å². The number of fused-ring (bicyclic) bond motifs is 1. The van der Waals surface area contributed by atoms with E-state index in [1.807, 2.05) is 13.0 Å². The van der Waals surface area contributed by atoms with Crippen molar-refractivity contribution < 1.29 is 4.52 Å². The first-order valence-corrected chi connectivity index (χ1v) is 5.65. The number of nitrogens with zero attached hydrogens (tertiary/aromatic N) is 1. The highest BCUT2D eigenvalue weighted by molar-refractivity contribution is 9.10. The van der Waals surface area contributed by atoms with E-state index in [2.05, 4.69) is 27.2 Å². The third-order valence-electron chi connectivity index (χ3n) is 2.08. The Morgan fingerprint density at radius 2 is 2.29 bits per heavy atom. The molecule has 74 valence electrons. The third kappa shape index (κ3) is 1.66. The maximum atomic E-state index is 5.68. The molecule has 2 aromatic rings. The average molecular weight is 275 g/mol. The molecule has 0 bridgehead atoms. The van der Waals surface area contributed by atoms with Crippen molar-refractivity contribution in [2.75, 3.05) is 5.88 Å². The van der Waals surface area contributed by atoms with Crippen LogP contribution in [-0.2, 0) is 6.42 Å². The van der Waals surface area contributed by atoms with Gasteiger partial charge < -0.3 is 4.52 Å². The highest BCUT2D eigenvalue weighted by atomic mass is 79.9. The van der Waals surface area contributed by atoms with Crippen molar-refractivity contribution in [1.29, 1.82) is 0 Å². The smallest absolute Gasteiger partial charge is 0.181 e. The van der Waals surface area contributed by atoms with Crippen LogP contribution in [0.25, 0.3) is 11.0 Å². The lowest BCUT2D eigenvalue weighted by Crippen LogP contribution is -1.86. The lowest BCUT2D eigenvalue weighted by Gasteiger charge is -1.96. The summed E-state index contributed by atoms with van der Waals surface area (Å²) in [5, 5.41) is 5.05. The predicted octanol–water partition coefficient (Wildman–Crippen LogP) is 3.68. The Balaban J connectivity index is 2.66. The van der Waals surface area contributed by atoms with Gasteiger partial charge in [0.2, 0.25) is 0 Å². The van der Waals surface area contributed by atoms with Crippen LogP contribution in [0.1, 0.15) is 11.3 Å². The van der Waals surface area contributed by atoms with Crippen molar-refractivity contribution in [2.45, 2.75) is 13.3 Å². The third-order valence-corrected chi connectivity index (χ3v) is 2.86. The molecule has 0 saturated carbocycles. The van der Waals surface area contributed by atoms with E-state index in [0.717, 1.165) is 27.6 Å². The highest BCUT2D eigenvalue weighted by Gasteiger charge is 2.10. The summed E-state index contributed by atoms with van der Waals surface area (Å²) >= 11 is 9.12. The molecule has 0 saturated heterocycles. The van der Waals surface area contributed by atoms with E-state index in [1.165, 1.54) is 5.56 Å². The molecule has 0 unspecified atom stereocenters. The molecular formula is C10H9BrClNO. The van der Waals surface area contributed by atoms with E-state index >= 15 is 0 Å². The highest BCUT2D eigenvalue weighted by Crippen LogP contribution is 2.28. The normalized spacial score (nSPS) is 11.1. The van der Waals surface area contributed by atoms with Crippen LogP contribution in [-0.4, -0.2) is 11.0 Å². The van der Waals surface area contributed by atoms with Crippen LogP contribution in [0, 0.1) is 6.92 Å². The molecule has 1 heterocycles. The molecule has 14 heavy (non-hydrogen) atoms. The standard InChI is InChI=1S/C10H9BrClNO/c1-6-4-7-9(2-3-12)13-14-10(7)8(11)5-6/h4-5H,2-3H2,1H3. The van der Waals surface area contributed by atoms with Gasteiger partial charge in [-0.2, -0.15) is 0 Å². The van der Waals surface area contributed by atoms with Crippen molar-refractivity contribution in [2.24, 2.45) is 0 Å². The number of hydrogen-bond donors (Lipinski definition) is 0. The summed E-state index contributed by atoms with van der Waals surface area (Å²) in [6, 6.07) is 4.08. The van der Waals surface area contributed by atoms with E-state index in [1.54, 1.807) is 0 Å². The summed E-state index contributed by atoms with van der Waals surface area (Å²) in [4.78, 5) is 0. The van der Waals surface area contributed by atoms with Gasteiger partial charge in [-0.1, -0.05) is 5.16 Å². The van der Waals surface area contributed by atoms with Crippen molar-refractivity contribution in [3.05, 3.63) is 27.9 Å². The second-order valence-electron chi connectivity index (χ2n) is 3.19. The predicted molar refractivity (Wildman–Crippen MR) is 60.9 cm³/mol. The maximum absolute atomic E-state index is 5.68. The van der Waals surface area contributed by atoms with E-state index in [9.17, 15) is 0 Å². The van der Waals surface area contributed by atoms with Crippen LogP contribution in [0.15, 0.2) is 21.1 Å². The van der Waals surface area contributed by atoms with Gasteiger partial charge in [0.05, 0.1) is 10.2 Å². The van der Waals surface area contributed by atoms with Crippen LogP contribution in [0.2, 0.25) is 0 Å². The number of halogens is 2. The molecule has 2 rings (SSSR count). The van der Waals surface area contributed by atoms with Crippen molar-refractivity contribution >= 4 is 38.5 Å². The van der Waals surface area contributed by atoms with Crippen molar-refractivity contribution in [3.8, 4) is 0 Å². The molecule has 0 aliphatic heterocycles. The molecule has 0 radical (unpaired) electrons. The number of aromatic nitrogens is 1. The fourth-order valence-electron chi connectivity index (χ4n) is 1.46. The van der Waals surface area contributed by atoms with Gasteiger partial charge in [-0.05, 0) is 40.5 Å². The van der Waals surface area contributed by atoms with Crippen molar-refractivity contribution in [3.63, 3.8) is 0 Å². The Morgan fingerprint density at radius 1 is 1.50 bits per heavy atom. The van der Waals surface area contributed by atoms with Crippen LogP contribution < -0.4 is 0 Å². The molecule has 0 atom stereocenters. The number of hydrogen-bond acceptors (Lipinski definition) is 2. The van der Waals surface area contributed by atoms with Gasteiger partial charge in [-0.15, -0.1) is 11.6 Å². The van der Waals surface area contributed by atoms with Gasteiger partial charge in [-0.3, -0.25) is 0 Å². The molecule has 0 amide bonds. The largest absolute Gasteiger partial charge is 0.355 e. The Bertz CT molecular complexity index is 466. The number of rotatable bonds is 2. The molecule has 2 nitrogen and oxygen atoms in total. The molecule has 0 fully saturated rings. The summed E-state index contributed by atoms with van der Waals surface area (Å²) in [5.41, 5.74) is 2.92. The Morgan fingerprint density at radius 3 is 3.00 bits per heavy atom. The topological polar surface area (TPSA) is 26.0 Å². The summed E-state index contributed by atoms with van der Waals surface area (Å²) in [6.07, 6.45) is 0.741. The molecule has 0 aliphatic carbocycles. The fraction of sp³-hybridized carbons (Fsp3) is 0.300. The minimum absolute atomic E-state index is 0.563. The first-order valence-electron chi connectivity index (χ1n) is 4.32. The minimum Gasteiger partial charge on any atom is -0.355 e. The summed E-state index contributed by atoms with van der Waals surface area (Å²) in [7, 11) is 0. The van der Waals surface area contributed by atoms with E-state index in [0.29, 0.717) is 5.88 Å². The van der Waals surface area contributed by atoms with Gasteiger partial charge >= 0.3 is 0 Å². The van der Waals surface area contributed by atoms with E-state index in [-0.39, 0.29) is 0 Å². The van der Waals surface area contributed by atoms with Crippen LogP contribution in [0.5, 0.6) is 0 Å². The zero-order chi connectivity index (χ0) is 10.1. The lowest BCUT2D eigenvalue weighted by atomic mass is 10.1. The SMILES string of the molecule is Cc1cc(Br)c2onc(CCCl)c2c1. The van der Waals surface area contributed by atoms with E-state index in [4.69, 9.17) is 16.1 Å². The second-order valence-corrected chi connectivity index (χ2v) is 4.42. The number of benzene rings is 1. The first kappa shape index (κ1) is 9.99. The second kappa shape index (κ2) is 3.91. The summed E-state index contributed by atoms with van der Waals surface area (Å²) in [5.74, 6) is 0.563. The first-order chi connectivity index (χ1) is 6.72. The van der Waals surface area contributed by atoms with Crippen LogP contribution in [0.4, 0.5) is 0 Å². The molecule has 1 aromatic carbocycles. The zero-order valence-corrected chi connectivity index (χ0v) is 10.0. The zero-order valence-electron chi connectivity index (χ0n) is 7.68. The molecule has 0 spiro atoms. The van der Waals surface area contributed by atoms with Gasteiger partial charge in [0.15, 0.2) is 5.58 Å². The maximum Gasteiger partial charge on any atom is 0.181 e. The van der Waals surface area contributed by atoms with Crippen molar-refractivity contribution in [1.82, 2.24) is 5.16 Å². The minimum atomic E-state index is 0.563. The summed E-state index contributed by atoms with van der Waals surface area (Å²) in [6.45, 7) is 2.04. The van der Waals surface area contributed by atoms with Gasteiger partial charge in [0, 0.05) is 17.7 Å². The van der Waals surface area contributed by atoms with Gasteiger partial charge in [0.1, 0.15) is 0 Å². The van der Waals surface area contributed by atoms with Crippen LogP contribution >= 0.6 is 27.5 Å².